The van der Waals surface area contributed by atoms with Crippen molar-refractivity contribution < 1.29 is 10.2 Å². The molecule has 0 saturated carbocycles. The number of aliphatic hydroxyl groups is 2. The van der Waals surface area contributed by atoms with Gasteiger partial charge in [0, 0.05) is 23.5 Å². The summed E-state index contributed by atoms with van der Waals surface area (Å²) in [5.41, 5.74) is 1.44. The molecule has 7 nitrogen and oxygen atoms in total. The molecule has 0 amide bonds. The Balaban J connectivity index is 1.96. The number of pyridine rings is 1. The van der Waals surface area contributed by atoms with Gasteiger partial charge in [-0.3, -0.25) is 0 Å². The number of hydrogen-bond acceptors (Lipinski definition) is 5. The first kappa shape index (κ1) is 12.5. The van der Waals surface area contributed by atoms with Gasteiger partial charge in [0.25, 0.3) is 0 Å². The molecule has 3 aromatic heterocycles. The van der Waals surface area contributed by atoms with Crippen molar-refractivity contribution in [3.8, 4) is 11.6 Å². The van der Waals surface area contributed by atoms with E-state index >= 15 is 0 Å². The monoisotopic (exact) mass is 271 g/mol. The molecule has 102 valence electrons. The summed E-state index contributed by atoms with van der Waals surface area (Å²) in [6.07, 6.45) is 6.61. The van der Waals surface area contributed by atoms with E-state index in [0.29, 0.717) is 11.6 Å². The van der Waals surface area contributed by atoms with Crippen molar-refractivity contribution in [2.75, 3.05) is 0 Å². The summed E-state index contributed by atoms with van der Waals surface area (Å²) >= 11 is 0. The molecule has 0 aliphatic heterocycles. The molecule has 0 aromatic carbocycles. The van der Waals surface area contributed by atoms with Crippen LogP contribution in [0.2, 0.25) is 0 Å². The predicted octanol–water partition coefficient (Wildman–Crippen LogP) is 0.438. The van der Waals surface area contributed by atoms with Crippen LogP contribution in [0.3, 0.4) is 0 Å². The lowest BCUT2D eigenvalue weighted by Gasteiger charge is -2.04. The van der Waals surface area contributed by atoms with E-state index in [1.54, 1.807) is 34.2 Å². The first-order valence-corrected chi connectivity index (χ1v) is 6.07. The maximum Gasteiger partial charge on any atom is 0.155 e. The fourth-order valence-corrected chi connectivity index (χ4v) is 1.80. The van der Waals surface area contributed by atoms with Gasteiger partial charge >= 0.3 is 0 Å². The van der Waals surface area contributed by atoms with Crippen molar-refractivity contribution in [1.29, 1.82) is 0 Å². The van der Waals surface area contributed by atoms with Gasteiger partial charge in [0.1, 0.15) is 0 Å². The average molecular weight is 271 g/mol. The molecule has 3 rings (SSSR count). The summed E-state index contributed by atoms with van der Waals surface area (Å²) in [4.78, 5) is 4.45. The lowest BCUT2D eigenvalue weighted by atomic mass is 10.4. The lowest BCUT2D eigenvalue weighted by molar-refractivity contribution is 0.281. The molecule has 0 aliphatic carbocycles. The van der Waals surface area contributed by atoms with Crippen LogP contribution in [0.5, 0.6) is 0 Å². The molecule has 0 radical (unpaired) electrons. The van der Waals surface area contributed by atoms with Gasteiger partial charge in [0.2, 0.25) is 0 Å². The quantitative estimate of drug-likeness (QED) is 0.718. The Labute approximate surface area is 114 Å². The van der Waals surface area contributed by atoms with Crippen LogP contribution in [-0.4, -0.2) is 34.8 Å². The van der Waals surface area contributed by atoms with Gasteiger partial charge in [-0.15, -0.1) is 0 Å². The summed E-state index contributed by atoms with van der Waals surface area (Å²) in [5, 5.41) is 26.4. The van der Waals surface area contributed by atoms with Crippen LogP contribution in [0, 0.1) is 0 Å². The van der Waals surface area contributed by atoms with Crippen molar-refractivity contribution in [1.82, 2.24) is 24.5 Å². The third-order valence-corrected chi connectivity index (χ3v) is 2.83. The van der Waals surface area contributed by atoms with E-state index in [0.717, 1.165) is 11.1 Å². The van der Waals surface area contributed by atoms with Crippen molar-refractivity contribution >= 4 is 0 Å². The fourth-order valence-electron chi connectivity index (χ4n) is 1.80. The first-order valence-electron chi connectivity index (χ1n) is 6.07. The Morgan fingerprint density at radius 1 is 0.850 bits per heavy atom. The van der Waals surface area contributed by atoms with Crippen molar-refractivity contribution in [2.45, 2.75) is 13.2 Å². The zero-order valence-electron chi connectivity index (χ0n) is 10.6. The second-order valence-electron chi connectivity index (χ2n) is 4.26. The van der Waals surface area contributed by atoms with Crippen LogP contribution in [0.15, 0.2) is 43.0 Å². The zero-order valence-corrected chi connectivity index (χ0v) is 10.6. The van der Waals surface area contributed by atoms with Crippen LogP contribution in [0.1, 0.15) is 11.1 Å². The maximum atomic E-state index is 9.05. The van der Waals surface area contributed by atoms with Crippen LogP contribution in [0.4, 0.5) is 0 Å². The van der Waals surface area contributed by atoms with Gasteiger partial charge in [0.15, 0.2) is 11.6 Å². The SMILES string of the molecule is OCc1cnn(-c2cccc(-n3cc(CO)cn3)n2)c1. The fraction of sp³-hybridized carbons (Fsp3) is 0.154. The molecule has 0 spiro atoms. The van der Waals surface area contributed by atoms with Crippen molar-refractivity contribution in [3.05, 3.63) is 54.1 Å². The molecule has 0 aliphatic rings. The van der Waals surface area contributed by atoms with E-state index in [-0.39, 0.29) is 13.2 Å². The van der Waals surface area contributed by atoms with Crippen LogP contribution in [0.25, 0.3) is 11.6 Å². The number of hydrogen-bond donors (Lipinski definition) is 2. The lowest BCUT2D eigenvalue weighted by Crippen LogP contribution is -2.03. The highest BCUT2D eigenvalue weighted by Crippen LogP contribution is 2.10. The second kappa shape index (κ2) is 5.24. The Morgan fingerprint density at radius 2 is 1.35 bits per heavy atom. The molecule has 0 unspecified atom stereocenters. The van der Waals surface area contributed by atoms with E-state index < -0.39 is 0 Å². The van der Waals surface area contributed by atoms with E-state index in [1.165, 1.54) is 0 Å². The largest absolute Gasteiger partial charge is 0.392 e. The molecule has 2 N–H and O–H groups in total. The van der Waals surface area contributed by atoms with Gasteiger partial charge < -0.3 is 10.2 Å². The van der Waals surface area contributed by atoms with Gasteiger partial charge in [0.05, 0.1) is 25.6 Å². The van der Waals surface area contributed by atoms with Gasteiger partial charge in [-0.2, -0.15) is 10.2 Å². The Hall–Kier alpha value is -2.51. The van der Waals surface area contributed by atoms with E-state index in [1.807, 2.05) is 18.2 Å². The number of rotatable bonds is 4. The number of aliphatic hydroxyl groups excluding tert-OH is 2. The summed E-state index contributed by atoms with van der Waals surface area (Å²) in [7, 11) is 0. The standard InChI is InChI=1S/C13H13N5O2/c19-8-10-4-14-17(6-10)12-2-1-3-13(16-12)18-7-11(9-20)5-15-18/h1-7,19-20H,8-9H2. The average Bonchev–Trinajstić information content (AvgIpc) is 3.16. The van der Waals surface area contributed by atoms with E-state index in [9.17, 15) is 0 Å². The molecular formula is C13H13N5O2. The minimum absolute atomic E-state index is 0.0568. The highest BCUT2D eigenvalue weighted by Gasteiger charge is 2.05. The van der Waals surface area contributed by atoms with Gasteiger partial charge in [-0.05, 0) is 12.1 Å². The van der Waals surface area contributed by atoms with E-state index in [2.05, 4.69) is 15.2 Å². The minimum atomic E-state index is -0.0568. The Morgan fingerprint density at radius 3 is 1.75 bits per heavy atom. The van der Waals surface area contributed by atoms with Gasteiger partial charge in [-0.25, -0.2) is 14.3 Å². The highest BCUT2D eigenvalue weighted by molar-refractivity contribution is 5.31. The normalized spacial score (nSPS) is 10.9. The van der Waals surface area contributed by atoms with Crippen molar-refractivity contribution in [2.24, 2.45) is 0 Å². The summed E-state index contributed by atoms with van der Waals surface area (Å²) in [6, 6.07) is 5.47. The first-order chi connectivity index (χ1) is 9.80. The van der Waals surface area contributed by atoms with Gasteiger partial charge in [-0.1, -0.05) is 6.07 Å². The molecule has 7 heteroatoms. The summed E-state index contributed by atoms with van der Waals surface area (Å²) in [5.74, 6) is 1.26. The number of aromatic nitrogens is 5. The topological polar surface area (TPSA) is 89.0 Å². The molecule has 0 fully saturated rings. The zero-order chi connectivity index (χ0) is 13.9. The molecule has 3 aromatic rings. The van der Waals surface area contributed by atoms with E-state index in [4.69, 9.17) is 10.2 Å². The molecule has 0 atom stereocenters. The Bertz CT molecular complexity index is 661. The third kappa shape index (κ3) is 2.31. The molecular weight excluding hydrogens is 258 g/mol. The summed E-state index contributed by atoms with van der Waals surface area (Å²) in [6.45, 7) is -0.114. The highest BCUT2D eigenvalue weighted by atomic mass is 16.3. The summed E-state index contributed by atoms with van der Waals surface area (Å²) < 4.78 is 3.18. The third-order valence-electron chi connectivity index (χ3n) is 2.83. The van der Waals surface area contributed by atoms with Crippen LogP contribution < -0.4 is 0 Å². The van der Waals surface area contributed by atoms with Crippen LogP contribution >= 0.6 is 0 Å². The smallest absolute Gasteiger partial charge is 0.155 e. The second-order valence-corrected chi connectivity index (χ2v) is 4.26. The molecule has 3 heterocycles. The molecule has 0 bridgehead atoms. The Kier molecular flexibility index (Phi) is 3.28. The van der Waals surface area contributed by atoms with Crippen LogP contribution in [-0.2, 0) is 13.2 Å². The van der Waals surface area contributed by atoms with Crippen molar-refractivity contribution in [3.63, 3.8) is 0 Å². The number of nitrogens with zero attached hydrogens (tertiary/aromatic N) is 5. The predicted molar refractivity (Wildman–Crippen MR) is 70.3 cm³/mol. The minimum Gasteiger partial charge on any atom is -0.392 e. The molecule has 0 saturated heterocycles. The molecule has 20 heavy (non-hydrogen) atoms. The maximum absolute atomic E-state index is 9.05.